The molecule has 1 N–H and O–H groups in total. The molecule has 16 heavy (non-hydrogen) atoms. The summed E-state index contributed by atoms with van der Waals surface area (Å²) in [6.45, 7) is 8.09. The summed E-state index contributed by atoms with van der Waals surface area (Å²) in [5, 5.41) is 9.64. The van der Waals surface area contributed by atoms with E-state index in [0.29, 0.717) is 6.61 Å². The summed E-state index contributed by atoms with van der Waals surface area (Å²) in [6.07, 6.45) is 3.30. The minimum atomic E-state index is -0.491. The summed E-state index contributed by atoms with van der Waals surface area (Å²) in [6, 6.07) is 5.88. The van der Waals surface area contributed by atoms with E-state index in [1.165, 1.54) is 0 Å². The number of unbranched alkanes of at least 4 members (excludes halogenated alkanes) is 1. The lowest BCUT2D eigenvalue weighted by molar-refractivity contribution is 0.191. The average molecular weight is 220 g/mol. The van der Waals surface area contributed by atoms with Crippen LogP contribution in [0, 0.1) is 6.92 Å². The van der Waals surface area contributed by atoms with E-state index in [9.17, 15) is 5.11 Å². The van der Waals surface area contributed by atoms with Gasteiger partial charge < -0.3 is 9.84 Å². The number of aliphatic hydroxyl groups excluding tert-OH is 1. The number of ether oxygens (including phenoxy) is 1. The number of hydrogen-bond donors (Lipinski definition) is 1. The maximum absolute atomic E-state index is 9.64. The highest BCUT2D eigenvalue weighted by Gasteiger charge is 2.08. The van der Waals surface area contributed by atoms with Gasteiger partial charge in [-0.1, -0.05) is 17.7 Å². The Morgan fingerprint density at radius 3 is 2.88 bits per heavy atom. The number of hydrogen-bond acceptors (Lipinski definition) is 2. The van der Waals surface area contributed by atoms with Crippen molar-refractivity contribution in [2.45, 2.75) is 32.8 Å². The summed E-state index contributed by atoms with van der Waals surface area (Å²) >= 11 is 0. The standard InChI is InChI=1S/C14H20O2/c1-4-5-6-9-16-14-8-7-11(2)10-13(14)12(3)15/h4,7-8,10,12,15H,1,5-6,9H2,2-3H3/t12-/m0/s1. The van der Waals surface area contributed by atoms with Crippen molar-refractivity contribution in [3.05, 3.63) is 42.0 Å². The molecule has 0 fully saturated rings. The van der Waals surface area contributed by atoms with Crippen LogP contribution in [-0.2, 0) is 0 Å². The van der Waals surface area contributed by atoms with E-state index in [0.717, 1.165) is 29.7 Å². The number of aryl methyl sites for hydroxylation is 1. The third-order valence-electron chi connectivity index (χ3n) is 2.43. The predicted octanol–water partition coefficient (Wildman–Crippen LogP) is 3.39. The van der Waals surface area contributed by atoms with Crippen LogP contribution in [0.2, 0.25) is 0 Å². The van der Waals surface area contributed by atoms with Gasteiger partial charge in [0.2, 0.25) is 0 Å². The second kappa shape index (κ2) is 6.33. The molecular formula is C14H20O2. The Labute approximate surface area is 97.6 Å². The predicted molar refractivity (Wildman–Crippen MR) is 66.7 cm³/mol. The molecule has 1 atom stereocenters. The average Bonchev–Trinajstić information content (AvgIpc) is 2.26. The van der Waals surface area contributed by atoms with Gasteiger partial charge in [-0.3, -0.25) is 0 Å². The molecule has 0 saturated carbocycles. The van der Waals surface area contributed by atoms with Crippen LogP contribution in [0.5, 0.6) is 5.75 Å². The van der Waals surface area contributed by atoms with Crippen LogP contribution in [-0.4, -0.2) is 11.7 Å². The molecule has 0 saturated heterocycles. The molecule has 2 nitrogen and oxygen atoms in total. The van der Waals surface area contributed by atoms with Crippen molar-refractivity contribution in [1.82, 2.24) is 0 Å². The zero-order valence-electron chi connectivity index (χ0n) is 10.1. The molecule has 0 heterocycles. The van der Waals surface area contributed by atoms with E-state index >= 15 is 0 Å². The fourth-order valence-corrected chi connectivity index (χ4v) is 1.54. The number of rotatable bonds is 6. The highest BCUT2D eigenvalue weighted by Crippen LogP contribution is 2.26. The lowest BCUT2D eigenvalue weighted by Crippen LogP contribution is -2.02. The number of benzene rings is 1. The van der Waals surface area contributed by atoms with Crippen molar-refractivity contribution in [2.24, 2.45) is 0 Å². The second-order valence-electron chi connectivity index (χ2n) is 4.00. The van der Waals surface area contributed by atoms with Gasteiger partial charge in [-0.2, -0.15) is 0 Å². The van der Waals surface area contributed by atoms with Crippen LogP contribution in [0.3, 0.4) is 0 Å². The fourth-order valence-electron chi connectivity index (χ4n) is 1.54. The van der Waals surface area contributed by atoms with E-state index < -0.39 is 6.10 Å². The first-order valence-electron chi connectivity index (χ1n) is 5.67. The van der Waals surface area contributed by atoms with Gasteiger partial charge in [-0.25, -0.2) is 0 Å². The molecule has 0 spiro atoms. The maximum atomic E-state index is 9.64. The molecular weight excluding hydrogens is 200 g/mol. The van der Waals surface area contributed by atoms with E-state index in [-0.39, 0.29) is 0 Å². The summed E-state index contributed by atoms with van der Waals surface area (Å²) in [7, 11) is 0. The second-order valence-corrected chi connectivity index (χ2v) is 4.00. The molecule has 88 valence electrons. The summed E-state index contributed by atoms with van der Waals surface area (Å²) in [5.74, 6) is 0.782. The Bertz CT molecular complexity index is 343. The summed E-state index contributed by atoms with van der Waals surface area (Å²) < 4.78 is 5.65. The molecule has 0 aliphatic carbocycles. The molecule has 0 bridgehead atoms. The topological polar surface area (TPSA) is 29.5 Å². The van der Waals surface area contributed by atoms with E-state index in [4.69, 9.17) is 4.74 Å². The van der Waals surface area contributed by atoms with Gasteiger partial charge >= 0.3 is 0 Å². The first-order valence-corrected chi connectivity index (χ1v) is 5.67. The smallest absolute Gasteiger partial charge is 0.125 e. The lowest BCUT2D eigenvalue weighted by atomic mass is 10.1. The molecule has 0 aromatic heterocycles. The van der Waals surface area contributed by atoms with Crippen LogP contribution in [0.1, 0.15) is 37.0 Å². The largest absolute Gasteiger partial charge is 0.493 e. The van der Waals surface area contributed by atoms with Crippen molar-refractivity contribution in [1.29, 1.82) is 0 Å². The number of allylic oxidation sites excluding steroid dienone is 1. The Kier molecular flexibility index (Phi) is 5.06. The maximum Gasteiger partial charge on any atom is 0.125 e. The molecule has 0 unspecified atom stereocenters. The van der Waals surface area contributed by atoms with Crippen LogP contribution in [0.15, 0.2) is 30.9 Å². The van der Waals surface area contributed by atoms with E-state index in [2.05, 4.69) is 6.58 Å². The van der Waals surface area contributed by atoms with Crippen molar-refractivity contribution < 1.29 is 9.84 Å². The van der Waals surface area contributed by atoms with Gasteiger partial charge in [0, 0.05) is 5.56 Å². The van der Waals surface area contributed by atoms with Gasteiger partial charge in [0.15, 0.2) is 0 Å². The molecule has 0 amide bonds. The minimum Gasteiger partial charge on any atom is -0.493 e. The van der Waals surface area contributed by atoms with Crippen LogP contribution >= 0.6 is 0 Å². The molecule has 0 aliphatic heterocycles. The Hall–Kier alpha value is -1.28. The van der Waals surface area contributed by atoms with Crippen LogP contribution in [0.25, 0.3) is 0 Å². The Morgan fingerprint density at radius 2 is 2.25 bits per heavy atom. The third kappa shape index (κ3) is 3.70. The van der Waals surface area contributed by atoms with Gasteiger partial charge in [0.1, 0.15) is 5.75 Å². The molecule has 1 rings (SSSR count). The van der Waals surface area contributed by atoms with E-state index in [1.54, 1.807) is 6.92 Å². The van der Waals surface area contributed by atoms with Crippen molar-refractivity contribution in [3.63, 3.8) is 0 Å². The number of aliphatic hydroxyl groups is 1. The Balaban J connectivity index is 2.67. The van der Waals surface area contributed by atoms with Gasteiger partial charge in [0.25, 0.3) is 0 Å². The van der Waals surface area contributed by atoms with Crippen LogP contribution in [0.4, 0.5) is 0 Å². The minimum absolute atomic E-state index is 0.491. The first kappa shape index (κ1) is 12.8. The van der Waals surface area contributed by atoms with Gasteiger partial charge in [-0.15, -0.1) is 6.58 Å². The van der Waals surface area contributed by atoms with Crippen molar-refractivity contribution in [3.8, 4) is 5.75 Å². The summed E-state index contributed by atoms with van der Waals surface area (Å²) in [4.78, 5) is 0. The Morgan fingerprint density at radius 1 is 1.50 bits per heavy atom. The van der Waals surface area contributed by atoms with Gasteiger partial charge in [0.05, 0.1) is 12.7 Å². The SMILES string of the molecule is C=CCCCOc1ccc(C)cc1[C@H](C)O. The van der Waals surface area contributed by atoms with Crippen LogP contribution < -0.4 is 4.74 Å². The molecule has 0 radical (unpaired) electrons. The lowest BCUT2D eigenvalue weighted by Gasteiger charge is -2.14. The molecule has 2 heteroatoms. The van der Waals surface area contributed by atoms with Crippen molar-refractivity contribution >= 4 is 0 Å². The quantitative estimate of drug-likeness (QED) is 0.588. The normalized spacial score (nSPS) is 12.2. The van der Waals surface area contributed by atoms with E-state index in [1.807, 2.05) is 31.2 Å². The molecule has 1 aromatic carbocycles. The highest BCUT2D eigenvalue weighted by atomic mass is 16.5. The molecule has 0 aliphatic rings. The zero-order valence-corrected chi connectivity index (χ0v) is 10.1. The summed E-state index contributed by atoms with van der Waals surface area (Å²) in [5.41, 5.74) is 1.99. The first-order chi connectivity index (χ1) is 7.65. The third-order valence-corrected chi connectivity index (χ3v) is 2.43. The fraction of sp³-hybridized carbons (Fsp3) is 0.429. The molecule has 1 aromatic rings. The highest BCUT2D eigenvalue weighted by molar-refractivity contribution is 5.38. The zero-order chi connectivity index (χ0) is 12.0. The van der Waals surface area contributed by atoms with Crippen molar-refractivity contribution in [2.75, 3.05) is 6.61 Å². The van der Waals surface area contributed by atoms with Gasteiger partial charge in [-0.05, 0) is 38.8 Å². The monoisotopic (exact) mass is 220 g/mol.